The summed E-state index contributed by atoms with van der Waals surface area (Å²) in [7, 11) is 0. The van der Waals surface area contributed by atoms with Crippen LogP contribution in [0.15, 0.2) is 67.0 Å². The van der Waals surface area contributed by atoms with Crippen molar-refractivity contribution in [3.63, 3.8) is 0 Å². The van der Waals surface area contributed by atoms with Gasteiger partial charge in [0.05, 0.1) is 5.69 Å². The molecule has 0 radical (unpaired) electrons. The van der Waals surface area contributed by atoms with Gasteiger partial charge in [0.25, 0.3) is 5.91 Å². The van der Waals surface area contributed by atoms with Crippen LogP contribution >= 0.6 is 0 Å². The van der Waals surface area contributed by atoms with Crippen LogP contribution < -0.4 is 0 Å². The normalized spacial score (nSPS) is 15.2. The van der Waals surface area contributed by atoms with E-state index < -0.39 is 0 Å². The standard InChI is InChI=1S/C22H23N5O/c28-22(21-16-20(24-25-21)19-9-4-10-23-17-19)27-14-12-26(13-15-27)11-5-8-18-6-2-1-3-7-18/h1-10,16-17H,11-15H2,(H,24,25)/b8-5+. The van der Waals surface area contributed by atoms with Gasteiger partial charge in [-0.1, -0.05) is 42.5 Å². The molecule has 0 unspecified atom stereocenters. The van der Waals surface area contributed by atoms with Gasteiger partial charge in [-0.25, -0.2) is 0 Å². The van der Waals surface area contributed by atoms with E-state index in [1.165, 1.54) is 5.56 Å². The molecular weight excluding hydrogens is 350 g/mol. The molecule has 1 fully saturated rings. The maximum Gasteiger partial charge on any atom is 0.271 e. The smallest absolute Gasteiger partial charge is 0.271 e. The number of hydrogen-bond donors (Lipinski definition) is 1. The SMILES string of the molecule is O=C(c1cc(-c2cccnc2)n[nH]1)N1CCN(C/C=C/c2ccccc2)CC1. The van der Waals surface area contributed by atoms with Crippen molar-refractivity contribution in [2.75, 3.05) is 32.7 Å². The van der Waals surface area contributed by atoms with E-state index in [0.29, 0.717) is 5.69 Å². The second-order valence-corrected chi connectivity index (χ2v) is 6.81. The summed E-state index contributed by atoms with van der Waals surface area (Å²) in [5, 5.41) is 7.13. The largest absolute Gasteiger partial charge is 0.335 e. The highest BCUT2D eigenvalue weighted by atomic mass is 16.2. The highest BCUT2D eigenvalue weighted by molar-refractivity contribution is 5.93. The van der Waals surface area contributed by atoms with Crippen LogP contribution in [0.1, 0.15) is 16.1 Å². The van der Waals surface area contributed by atoms with Crippen LogP contribution in [-0.4, -0.2) is 63.6 Å². The van der Waals surface area contributed by atoms with E-state index in [9.17, 15) is 4.79 Å². The number of benzene rings is 1. The van der Waals surface area contributed by atoms with Crippen molar-refractivity contribution in [1.82, 2.24) is 25.0 Å². The minimum absolute atomic E-state index is 0.00196. The lowest BCUT2D eigenvalue weighted by Gasteiger charge is -2.33. The number of carbonyl (C=O) groups is 1. The van der Waals surface area contributed by atoms with Gasteiger partial charge in [-0.3, -0.25) is 19.8 Å². The van der Waals surface area contributed by atoms with Crippen LogP contribution in [0.25, 0.3) is 17.3 Å². The molecule has 6 nitrogen and oxygen atoms in total. The van der Waals surface area contributed by atoms with Gasteiger partial charge in [0.1, 0.15) is 5.69 Å². The van der Waals surface area contributed by atoms with Crippen molar-refractivity contribution in [3.05, 3.63) is 78.3 Å². The highest BCUT2D eigenvalue weighted by Gasteiger charge is 2.23. The van der Waals surface area contributed by atoms with Gasteiger partial charge < -0.3 is 4.90 Å². The number of rotatable bonds is 5. The first-order chi connectivity index (χ1) is 13.8. The maximum absolute atomic E-state index is 12.8. The summed E-state index contributed by atoms with van der Waals surface area (Å²) in [6, 6.07) is 15.9. The molecule has 1 aromatic carbocycles. The van der Waals surface area contributed by atoms with Crippen molar-refractivity contribution < 1.29 is 4.79 Å². The average Bonchev–Trinajstić information content (AvgIpc) is 3.25. The number of pyridine rings is 1. The van der Waals surface area contributed by atoms with E-state index in [-0.39, 0.29) is 5.91 Å². The Hall–Kier alpha value is -3.25. The molecule has 1 N–H and O–H groups in total. The van der Waals surface area contributed by atoms with E-state index in [2.05, 4.69) is 44.4 Å². The van der Waals surface area contributed by atoms with E-state index in [0.717, 1.165) is 44.0 Å². The number of nitrogens with zero attached hydrogens (tertiary/aromatic N) is 4. The third-order valence-electron chi connectivity index (χ3n) is 4.90. The zero-order chi connectivity index (χ0) is 19.2. The maximum atomic E-state index is 12.8. The van der Waals surface area contributed by atoms with Crippen molar-refractivity contribution in [1.29, 1.82) is 0 Å². The Labute approximate surface area is 164 Å². The molecule has 4 rings (SSSR count). The minimum atomic E-state index is 0.00196. The minimum Gasteiger partial charge on any atom is -0.335 e. The fraction of sp³-hybridized carbons (Fsp3) is 0.227. The number of aromatic amines is 1. The molecule has 1 aliphatic heterocycles. The number of carbonyl (C=O) groups excluding carboxylic acids is 1. The van der Waals surface area contributed by atoms with Crippen LogP contribution in [0.4, 0.5) is 0 Å². The molecule has 0 aliphatic carbocycles. The second-order valence-electron chi connectivity index (χ2n) is 6.81. The van der Waals surface area contributed by atoms with Crippen LogP contribution in [-0.2, 0) is 0 Å². The quantitative estimate of drug-likeness (QED) is 0.747. The molecule has 3 aromatic rings. The molecule has 142 valence electrons. The monoisotopic (exact) mass is 373 g/mol. The van der Waals surface area contributed by atoms with Crippen LogP contribution in [0.5, 0.6) is 0 Å². The summed E-state index contributed by atoms with van der Waals surface area (Å²) < 4.78 is 0. The number of amides is 1. The van der Waals surface area contributed by atoms with E-state index in [4.69, 9.17) is 0 Å². The molecule has 0 saturated carbocycles. The Morgan fingerprint density at radius 1 is 1.07 bits per heavy atom. The van der Waals surface area contributed by atoms with Crippen molar-refractivity contribution in [3.8, 4) is 11.3 Å². The number of piperazine rings is 1. The summed E-state index contributed by atoms with van der Waals surface area (Å²) in [4.78, 5) is 21.1. The molecule has 28 heavy (non-hydrogen) atoms. The Morgan fingerprint density at radius 2 is 1.89 bits per heavy atom. The Bertz CT molecular complexity index is 928. The van der Waals surface area contributed by atoms with Gasteiger partial charge in [-0.05, 0) is 23.8 Å². The van der Waals surface area contributed by atoms with Gasteiger partial charge in [-0.2, -0.15) is 5.10 Å². The van der Waals surface area contributed by atoms with Gasteiger partial charge in [0.15, 0.2) is 0 Å². The molecule has 1 aliphatic rings. The third kappa shape index (κ3) is 4.35. The molecular formula is C22H23N5O. The van der Waals surface area contributed by atoms with Crippen molar-refractivity contribution in [2.24, 2.45) is 0 Å². The molecule has 0 spiro atoms. The predicted octanol–water partition coefficient (Wildman–Crippen LogP) is 2.94. The highest BCUT2D eigenvalue weighted by Crippen LogP contribution is 2.17. The lowest BCUT2D eigenvalue weighted by Crippen LogP contribution is -2.48. The molecule has 6 heteroatoms. The Balaban J connectivity index is 1.29. The van der Waals surface area contributed by atoms with Crippen molar-refractivity contribution >= 4 is 12.0 Å². The number of aromatic nitrogens is 3. The van der Waals surface area contributed by atoms with Crippen LogP contribution in [0, 0.1) is 0 Å². The average molecular weight is 373 g/mol. The van der Waals surface area contributed by atoms with Gasteiger partial charge in [0.2, 0.25) is 0 Å². The zero-order valence-corrected chi connectivity index (χ0v) is 15.7. The van der Waals surface area contributed by atoms with Gasteiger partial charge >= 0.3 is 0 Å². The first kappa shape index (κ1) is 18.1. The zero-order valence-electron chi connectivity index (χ0n) is 15.7. The molecule has 2 aromatic heterocycles. The second kappa shape index (κ2) is 8.63. The summed E-state index contributed by atoms with van der Waals surface area (Å²) in [5.74, 6) is 0.00196. The lowest BCUT2D eigenvalue weighted by atomic mass is 10.2. The Morgan fingerprint density at radius 3 is 2.64 bits per heavy atom. The van der Waals surface area contributed by atoms with E-state index in [1.54, 1.807) is 18.5 Å². The summed E-state index contributed by atoms with van der Waals surface area (Å²) >= 11 is 0. The number of hydrogen-bond acceptors (Lipinski definition) is 4. The number of H-pyrrole nitrogens is 1. The predicted molar refractivity (Wildman–Crippen MR) is 110 cm³/mol. The van der Waals surface area contributed by atoms with Gasteiger partial charge in [-0.15, -0.1) is 0 Å². The molecule has 1 saturated heterocycles. The fourth-order valence-corrected chi connectivity index (χ4v) is 3.30. The van der Waals surface area contributed by atoms with Crippen LogP contribution in [0.2, 0.25) is 0 Å². The topological polar surface area (TPSA) is 65.1 Å². The third-order valence-corrected chi connectivity index (χ3v) is 4.90. The molecule has 0 atom stereocenters. The lowest BCUT2D eigenvalue weighted by molar-refractivity contribution is 0.0644. The van der Waals surface area contributed by atoms with E-state index >= 15 is 0 Å². The van der Waals surface area contributed by atoms with Crippen molar-refractivity contribution in [2.45, 2.75) is 0 Å². The van der Waals surface area contributed by atoms with Gasteiger partial charge in [0, 0.05) is 50.7 Å². The van der Waals surface area contributed by atoms with Crippen LogP contribution in [0.3, 0.4) is 0 Å². The fourth-order valence-electron chi connectivity index (χ4n) is 3.30. The first-order valence-electron chi connectivity index (χ1n) is 9.48. The van der Waals surface area contributed by atoms with E-state index in [1.807, 2.05) is 35.2 Å². The summed E-state index contributed by atoms with van der Waals surface area (Å²) in [6.45, 7) is 4.08. The summed E-state index contributed by atoms with van der Waals surface area (Å²) in [6.07, 6.45) is 7.78. The molecule has 1 amide bonds. The molecule has 0 bridgehead atoms. The number of nitrogens with one attached hydrogen (secondary N) is 1. The molecule has 3 heterocycles. The Kier molecular flexibility index (Phi) is 5.58. The first-order valence-corrected chi connectivity index (χ1v) is 9.48. The summed E-state index contributed by atoms with van der Waals surface area (Å²) in [5.41, 5.74) is 3.37.